The predicted molar refractivity (Wildman–Crippen MR) is 75.9 cm³/mol. The van der Waals surface area contributed by atoms with Crippen LogP contribution in [-0.4, -0.2) is 12.4 Å². The van der Waals surface area contributed by atoms with Gasteiger partial charge in [0.1, 0.15) is 5.75 Å². The molecule has 1 aromatic carbocycles. The van der Waals surface area contributed by atoms with Crippen molar-refractivity contribution in [2.24, 2.45) is 17.1 Å². The van der Waals surface area contributed by atoms with Gasteiger partial charge >= 0.3 is 6.36 Å². The molecule has 1 fully saturated rings. The summed E-state index contributed by atoms with van der Waals surface area (Å²) in [4.78, 5) is 0. The Morgan fingerprint density at radius 1 is 1.24 bits per heavy atom. The number of ether oxygens (including phenoxy) is 1. The van der Waals surface area contributed by atoms with Crippen LogP contribution in [-0.2, 0) is 6.42 Å². The molecule has 0 aliphatic heterocycles. The Hall–Kier alpha value is -1.23. The highest BCUT2D eigenvalue weighted by Gasteiger charge is 2.33. The van der Waals surface area contributed by atoms with E-state index in [1.807, 2.05) is 0 Å². The Kier molecular flexibility index (Phi) is 4.51. The van der Waals surface area contributed by atoms with E-state index in [0.29, 0.717) is 11.3 Å². The highest BCUT2D eigenvalue weighted by atomic mass is 19.4. The monoisotopic (exact) mass is 301 g/mol. The molecule has 21 heavy (non-hydrogen) atoms. The van der Waals surface area contributed by atoms with Crippen LogP contribution in [0, 0.1) is 11.3 Å². The molecule has 0 heterocycles. The largest absolute Gasteiger partial charge is 0.573 e. The molecular weight excluding hydrogens is 279 g/mol. The van der Waals surface area contributed by atoms with Gasteiger partial charge in [-0.2, -0.15) is 0 Å². The van der Waals surface area contributed by atoms with E-state index in [4.69, 9.17) is 5.73 Å². The summed E-state index contributed by atoms with van der Waals surface area (Å²) < 4.78 is 40.2. The first kappa shape index (κ1) is 16.1. The fraction of sp³-hybridized carbons (Fsp3) is 0.625. The van der Waals surface area contributed by atoms with Gasteiger partial charge < -0.3 is 10.5 Å². The van der Waals surface area contributed by atoms with E-state index in [1.165, 1.54) is 12.1 Å². The van der Waals surface area contributed by atoms with Gasteiger partial charge in [0.05, 0.1) is 0 Å². The van der Waals surface area contributed by atoms with Crippen LogP contribution in [0.5, 0.6) is 5.75 Å². The molecule has 0 amide bonds. The van der Waals surface area contributed by atoms with Gasteiger partial charge in [0.2, 0.25) is 0 Å². The summed E-state index contributed by atoms with van der Waals surface area (Å²) in [5.74, 6) is 0.197. The molecule has 1 saturated carbocycles. The molecule has 1 aromatic rings. The molecule has 2 nitrogen and oxygen atoms in total. The second-order valence-corrected chi connectivity index (χ2v) is 6.73. The Morgan fingerprint density at radius 2 is 1.86 bits per heavy atom. The number of halogens is 3. The molecule has 0 aromatic heterocycles. The highest BCUT2D eigenvalue weighted by Crippen LogP contribution is 2.39. The fourth-order valence-electron chi connectivity index (χ4n) is 3.11. The summed E-state index contributed by atoms with van der Waals surface area (Å²) in [6.45, 7) is 4.48. The second kappa shape index (κ2) is 5.87. The Balaban J connectivity index is 1.99. The number of hydrogen-bond acceptors (Lipinski definition) is 2. The van der Waals surface area contributed by atoms with Crippen molar-refractivity contribution in [3.8, 4) is 5.75 Å². The molecule has 2 rings (SSSR count). The maximum atomic E-state index is 12.1. The first-order valence-electron chi connectivity index (χ1n) is 7.25. The lowest BCUT2D eigenvalue weighted by atomic mass is 9.68. The van der Waals surface area contributed by atoms with E-state index in [2.05, 4.69) is 18.6 Å². The van der Waals surface area contributed by atoms with Crippen molar-refractivity contribution in [2.75, 3.05) is 0 Å². The van der Waals surface area contributed by atoms with E-state index < -0.39 is 6.36 Å². The van der Waals surface area contributed by atoms with Gasteiger partial charge in [-0.1, -0.05) is 26.0 Å². The summed E-state index contributed by atoms with van der Waals surface area (Å²) in [6, 6.07) is 6.28. The highest BCUT2D eigenvalue weighted by molar-refractivity contribution is 5.28. The normalized spacial score (nSPS) is 25.6. The van der Waals surface area contributed by atoms with E-state index in [1.54, 1.807) is 12.1 Å². The van der Waals surface area contributed by atoms with Gasteiger partial charge in [-0.05, 0) is 54.7 Å². The topological polar surface area (TPSA) is 35.2 Å². The van der Waals surface area contributed by atoms with Crippen molar-refractivity contribution in [3.05, 3.63) is 29.8 Å². The molecule has 1 aliphatic carbocycles. The average molecular weight is 301 g/mol. The van der Waals surface area contributed by atoms with Crippen LogP contribution < -0.4 is 10.5 Å². The van der Waals surface area contributed by atoms with Gasteiger partial charge in [0.15, 0.2) is 0 Å². The fourth-order valence-corrected chi connectivity index (χ4v) is 3.11. The zero-order valence-corrected chi connectivity index (χ0v) is 12.4. The molecule has 1 aliphatic rings. The SMILES string of the molecule is CC1(C)CCC(N)C(Cc2ccc(OC(F)(F)F)cc2)C1. The van der Waals surface area contributed by atoms with Crippen LogP contribution >= 0.6 is 0 Å². The Bertz CT molecular complexity index is 467. The zero-order chi connectivity index (χ0) is 15.7. The molecule has 0 spiro atoms. The first-order chi connectivity index (χ1) is 9.65. The molecular formula is C16H22F3NO. The van der Waals surface area contributed by atoms with Crippen LogP contribution in [0.4, 0.5) is 13.2 Å². The van der Waals surface area contributed by atoms with E-state index >= 15 is 0 Å². The molecule has 5 heteroatoms. The van der Waals surface area contributed by atoms with E-state index in [-0.39, 0.29) is 11.8 Å². The smallest absolute Gasteiger partial charge is 0.406 e. The van der Waals surface area contributed by atoms with Crippen molar-refractivity contribution >= 4 is 0 Å². The quantitative estimate of drug-likeness (QED) is 0.904. The first-order valence-corrected chi connectivity index (χ1v) is 7.25. The van der Waals surface area contributed by atoms with Crippen LogP contribution in [0.3, 0.4) is 0 Å². The molecule has 2 atom stereocenters. The van der Waals surface area contributed by atoms with Gasteiger partial charge in [-0.15, -0.1) is 13.2 Å². The number of hydrogen-bond donors (Lipinski definition) is 1. The lowest BCUT2D eigenvalue weighted by Crippen LogP contribution is -2.40. The molecule has 0 radical (unpaired) electrons. The zero-order valence-electron chi connectivity index (χ0n) is 12.4. The number of nitrogens with two attached hydrogens (primary N) is 1. The second-order valence-electron chi connectivity index (χ2n) is 6.73. The van der Waals surface area contributed by atoms with E-state index in [9.17, 15) is 13.2 Å². The van der Waals surface area contributed by atoms with Crippen molar-refractivity contribution in [1.29, 1.82) is 0 Å². The number of rotatable bonds is 3. The molecule has 0 saturated heterocycles. The molecule has 0 bridgehead atoms. The average Bonchev–Trinajstić information content (AvgIpc) is 2.34. The Labute approximate surface area is 123 Å². The summed E-state index contributed by atoms with van der Waals surface area (Å²) >= 11 is 0. The van der Waals surface area contributed by atoms with Crippen LogP contribution in [0.15, 0.2) is 24.3 Å². The van der Waals surface area contributed by atoms with Crippen molar-refractivity contribution in [1.82, 2.24) is 0 Å². The van der Waals surface area contributed by atoms with Crippen molar-refractivity contribution in [3.63, 3.8) is 0 Å². The summed E-state index contributed by atoms with van der Waals surface area (Å²) in [7, 11) is 0. The minimum absolute atomic E-state index is 0.170. The third-order valence-corrected chi connectivity index (χ3v) is 4.23. The molecule has 2 N–H and O–H groups in total. The van der Waals surface area contributed by atoms with E-state index in [0.717, 1.165) is 31.2 Å². The lowest BCUT2D eigenvalue weighted by Gasteiger charge is -2.39. The van der Waals surface area contributed by atoms with Crippen molar-refractivity contribution in [2.45, 2.75) is 51.9 Å². The maximum absolute atomic E-state index is 12.1. The predicted octanol–water partition coefficient (Wildman–Crippen LogP) is 4.28. The summed E-state index contributed by atoms with van der Waals surface area (Å²) in [5.41, 5.74) is 7.48. The summed E-state index contributed by atoms with van der Waals surface area (Å²) in [5, 5.41) is 0. The molecule has 2 unspecified atom stereocenters. The Morgan fingerprint density at radius 3 is 2.43 bits per heavy atom. The van der Waals surface area contributed by atoms with Gasteiger partial charge in [-0.3, -0.25) is 0 Å². The minimum atomic E-state index is -4.64. The van der Waals surface area contributed by atoms with Gasteiger partial charge in [0, 0.05) is 6.04 Å². The van der Waals surface area contributed by atoms with Gasteiger partial charge in [-0.25, -0.2) is 0 Å². The van der Waals surface area contributed by atoms with Crippen LogP contribution in [0.1, 0.15) is 38.7 Å². The summed E-state index contributed by atoms with van der Waals surface area (Å²) in [6.07, 6.45) is -0.654. The van der Waals surface area contributed by atoms with Crippen LogP contribution in [0.25, 0.3) is 0 Å². The number of alkyl halides is 3. The number of benzene rings is 1. The third kappa shape index (κ3) is 4.92. The maximum Gasteiger partial charge on any atom is 0.573 e. The molecule has 118 valence electrons. The van der Waals surface area contributed by atoms with Crippen molar-refractivity contribution < 1.29 is 17.9 Å². The van der Waals surface area contributed by atoms with Gasteiger partial charge in [0.25, 0.3) is 0 Å². The third-order valence-electron chi connectivity index (χ3n) is 4.23. The minimum Gasteiger partial charge on any atom is -0.406 e. The lowest BCUT2D eigenvalue weighted by molar-refractivity contribution is -0.274. The van der Waals surface area contributed by atoms with Crippen LogP contribution in [0.2, 0.25) is 0 Å². The standard InChI is InChI=1S/C16H22F3NO/c1-15(2)8-7-14(20)12(10-15)9-11-3-5-13(6-4-11)21-16(17,18)19/h3-6,12,14H,7-10,20H2,1-2H3.